The summed E-state index contributed by atoms with van der Waals surface area (Å²) in [6, 6.07) is 10.8. The maximum Gasteiger partial charge on any atom is 0.134 e. The number of piperidine rings is 1. The molecule has 0 unspecified atom stereocenters. The van der Waals surface area contributed by atoms with E-state index in [1.165, 1.54) is 12.0 Å². The maximum absolute atomic E-state index is 5.43. The van der Waals surface area contributed by atoms with Crippen LogP contribution in [0.25, 0.3) is 0 Å². The zero-order valence-electron chi connectivity index (χ0n) is 16.5. The van der Waals surface area contributed by atoms with Gasteiger partial charge in [0.05, 0.1) is 20.3 Å². The van der Waals surface area contributed by atoms with Crippen molar-refractivity contribution < 1.29 is 9.47 Å². The highest BCUT2D eigenvalue weighted by Gasteiger charge is 2.21. The van der Waals surface area contributed by atoms with Crippen LogP contribution in [0, 0.1) is 0 Å². The Labute approximate surface area is 166 Å². The summed E-state index contributed by atoms with van der Waals surface area (Å²) in [5, 5.41) is 3.62. The van der Waals surface area contributed by atoms with Crippen LogP contribution in [0.4, 0.5) is 11.6 Å². The Bertz CT molecular complexity index is 766. The van der Waals surface area contributed by atoms with E-state index in [1.807, 2.05) is 6.07 Å². The summed E-state index contributed by atoms with van der Waals surface area (Å²) in [5.41, 5.74) is 1.29. The van der Waals surface area contributed by atoms with Crippen molar-refractivity contribution in [2.75, 3.05) is 56.7 Å². The van der Waals surface area contributed by atoms with Gasteiger partial charge in [-0.15, -0.1) is 0 Å². The van der Waals surface area contributed by atoms with Crippen LogP contribution in [0.3, 0.4) is 0 Å². The van der Waals surface area contributed by atoms with E-state index in [2.05, 4.69) is 49.4 Å². The van der Waals surface area contributed by atoms with Crippen LogP contribution in [-0.4, -0.2) is 67.4 Å². The van der Waals surface area contributed by atoms with E-state index in [-0.39, 0.29) is 0 Å². The number of hydrogen-bond acceptors (Lipinski definition) is 7. The third kappa shape index (κ3) is 4.91. The number of ether oxygens (including phenoxy) is 2. The van der Waals surface area contributed by atoms with Gasteiger partial charge in [0, 0.05) is 38.3 Å². The number of nitrogens with zero attached hydrogens (tertiary/aromatic N) is 4. The highest BCUT2D eigenvalue weighted by molar-refractivity contribution is 5.49. The Hall–Kier alpha value is -2.38. The lowest BCUT2D eigenvalue weighted by molar-refractivity contribution is 0.122. The molecule has 2 saturated heterocycles. The van der Waals surface area contributed by atoms with Gasteiger partial charge < -0.3 is 19.7 Å². The Morgan fingerprint density at radius 2 is 2.07 bits per heavy atom. The van der Waals surface area contributed by atoms with Gasteiger partial charge in [-0.2, -0.15) is 0 Å². The molecular formula is C21H29N5O2. The van der Waals surface area contributed by atoms with E-state index in [1.54, 1.807) is 13.4 Å². The first kappa shape index (κ1) is 19.0. The Morgan fingerprint density at radius 1 is 1.18 bits per heavy atom. The summed E-state index contributed by atoms with van der Waals surface area (Å²) in [4.78, 5) is 13.6. The summed E-state index contributed by atoms with van der Waals surface area (Å²) in [5.74, 6) is 2.80. The van der Waals surface area contributed by atoms with Crippen LogP contribution in [0.1, 0.15) is 18.4 Å². The summed E-state index contributed by atoms with van der Waals surface area (Å²) >= 11 is 0. The van der Waals surface area contributed by atoms with Crippen LogP contribution in [0.15, 0.2) is 36.7 Å². The fraction of sp³-hybridized carbons (Fsp3) is 0.524. The van der Waals surface area contributed by atoms with Crippen molar-refractivity contribution in [1.82, 2.24) is 14.9 Å². The molecule has 0 saturated carbocycles. The summed E-state index contributed by atoms with van der Waals surface area (Å²) in [7, 11) is 1.72. The molecule has 2 fully saturated rings. The van der Waals surface area contributed by atoms with Gasteiger partial charge >= 0.3 is 0 Å². The quantitative estimate of drug-likeness (QED) is 0.822. The Kier molecular flexibility index (Phi) is 6.24. The molecule has 0 radical (unpaired) electrons. The van der Waals surface area contributed by atoms with Crippen molar-refractivity contribution in [2.45, 2.75) is 25.4 Å². The average molecular weight is 383 g/mol. The molecule has 0 aliphatic carbocycles. The lowest BCUT2D eigenvalue weighted by atomic mass is 10.0. The standard InChI is InChI=1S/C21H29N5O2/c1-27-19-6-2-4-17(12-19)14-25-7-3-5-18(15-25)24-20-13-21(23-16-22-20)26-8-10-28-11-9-26/h2,4,6,12-13,16,18H,3,5,7-11,14-15H2,1H3,(H,22,23,24)/t18-/m0/s1. The third-order valence-corrected chi connectivity index (χ3v) is 5.39. The smallest absolute Gasteiger partial charge is 0.134 e. The van der Waals surface area contributed by atoms with Gasteiger partial charge in [-0.25, -0.2) is 9.97 Å². The number of hydrogen-bond donors (Lipinski definition) is 1. The van der Waals surface area contributed by atoms with Crippen LogP contribution in [0.2, 0.25) is 0 Å². The minimum absolute atomic E-state index is 0.395. The van der Waals surface area contributed by atoms with Crippen molar-refractivity contribution in [1.29, 1.82) is 0 Å². The predicted octanol–water partition coefficient (Wildman–Crippen LogP) is 2.40. The molecule has 1 N–H and O–H groups in total. The zero-order valence-corrected chi connectivity index (χ0v) is 16.5. The molecule has 150 valence electrons. The second kappa shape index (κ2) is 9.21. The highest BCUT2D eigenvalue weighted by atomic mass is 16.5. The molecule has 0 amide bonds. The number of rotatable bonds is 6. The van der Waals surface area contributed by atoms with Gasteiger partial charge in [0.2, 0.25) is 0 Å². The van der Waals surface area contributed by atoms with Gasteiger partial charge in [-0.3, -0.25) is 4.90 Å². The second-order valence-electron chi connectivity index (χ2n) is 7.43. The molecular weight excluding hydrogens is 354 g/mol. The van der Waals surface area contributed by atoms with Gasteiger partial charge in [0.15, 0.2) is 0 Å². The minimum atomic E-state index is 0.395. The molecule has 0 spiro atoms. The fourth-order valence-corrected chi connectivity index (χ4v) is 3.95. The van der Waals surface area contributed by atoms with Crippen molar-refractivity contribution in [3.8, 4) is 5.75 Å². The normalized spacial score (nSPS) is 20.8. The van der Waals surface area contributed by atoms with Gasteiger partial charge in [-0.05, 0) is 37.1 Å². The predicted molar refractivity (Wildman–Crippen MR) is 110 cm³/mol. The van der Waals surface area contributed by atoms with E-state index in [4.69, 9.17) is 9.47 Å². The van der Waals surface area contributed by atoms with E-state index in [0.29, 0.717) is 6.04 Å². The molecule has 2 aliphatic heterocycles. The number of anilines is 2. The third-order valence-electron chi connectivity index (χ3n) is 5.39. The summed E-state index contributed by atoms with van der Waals surface area (Å²) < 4.78 is 10.8. The number of methoxy groups -OCH3 is 1. The SMILES string of the molecule is COc1cccc(CN2CCC[C@H](Nc3cc(N4CCOCC4)ncn3)C2)c1. The van der Waals surface area contributed by atoms with E-state index in [0.717, 1.165) is 69.7 Å². The first-order valence-corrected chi connectivity index (χ1v) is 10.1. The molecule has 7 heteroatoms. The van der Waals surface area contributed by atoms with E-state index in [9.17, 15) is 0 Å². The van der Waals surface area contributed by atoms with Crippen LogP contribution in [0.5, 0.6) is 5.75 Å². The molecule has 2 aromatic rings. The van der Waals surface area contributed by atoms with Crippen molar-refractivity contribution in [3.05, 3.63) is 42.2 Å². The minimum Gasteiger partial charge on any atom is -0.497 e. The van der Waals surface area contributed by atoms with Crippen molar-refractivity contribution >= 4 is 11.6 Å². The number of morpholine rings is 1. The molecule has 7 nitrogen and oxygen atoms in total. The number of likely N-dealkylation sites (tertiary alicyclic amines) is 1. The lowest BCUT2D eigenvalue weighted by Crippen LogP contribution is -2.41. The monoisotopic (exact) mass is 383 g/mol. The average Bonchev–Trinajstić information content (AvgIpc) is 2.75. The number of benzene rings is 1. The number of aromatic nitrogens is 2. The second-order valence-corrected chi connectivity index (χ2v) is 7.43. The molecule has 1 aromatic heterocycles. The zero-order chi connectivity index (χ0) is 19.2. The molecule has 28 heavy (non-hydrogen) atoms. The topological polar surface area (TPSA) is 62.8 Å². The van der Waals surface area contributed by atoms with Gasteiger partial charge in [0.1, 0.15) is 23.7 Å². The summed E-state index contributed by atoms with van der Waals surface area (Å²) in [6.45, 7) is 6.36. The molecule has 1 atom stereocenters. The maximum atomic E-state index is 5.43. The molecule has 2 aliphatic rings. The highest BCUT2D eigenvalue weighted by Crippen LogP contribution is 2.21. The van der Waals surface area contributed by atoms with Crippen molar-refractivity contribution in [2.24, 2.45) is 0 Å². The molecule has 3 heterocycles. The van der Waals surface area contributed by atoms with Crippen LogP contribution in [-0.2, 0) is 11.3 Å². The van der Waals surface area contributed by atoms with Crippen molar-refractivity contribution in [3.63, 3.8) is 0 Å². The largest absolute Gasteiger partial charge is 0.497 e. The molecule has 4 rings (SSSR count). The first-order valence-electron chi connectivity index (χ1n) is 10.1. The van der Waals surface area contributed by atoms with E-state index < -0.39 is 0 Å². The van der Waals surface area contributed by atoms with Crippen LogP contribution >= 0.6 is 0 Å². The number of nitrogens with one attached hydrogen (secondary N) is 1. The molecule has 0 bridgehead atoms. The lowest BCUT2D eigenvalue weighted by Gasteiger charge is -2.33. The van der Waals surface area contributed by atoms with Gasteiger partial charge in [-0.1, -0.05) is 12.1 Å². The fourth-order valence-electron chi connectivity index (χ4n) is 3.95. The van der Waals surface area contributed by atoms with Gasteiger partial charge in [0.25, 0.3) is 0 Å². The Morgan fingerprint density at radius 3 is 2.93 bits per heavy atom. The Balaban J connectivity index is 1.35. The first-order chi connectivity index (χ1) is 13.8. The van der Waals surface area contributed by atoms with Crippen LogP contribution < -0.4 is 15.0 Å². The van der Waals surface area contributed by atoms with E-state index >= 15 is 0 Å². The summed E-state index contributed by atoms with van der Waals surface area (Å²) in [6.07, 6.45) is 4.00. The molecule has 1 aromatic carbocycles.